The number of carbonyl (C=O) groups is 1. The molecule has 0 saturated carbocycles. The van der Waals surface area contributed by atoms with Crippen LogP contribution >= 0.6 is 0 Å². The number of carbonyl (C=O) groups excluding carboxylic acids is 1. The lowest BCUT2D eigenvalue weighted by Crippen LogP contribution is -2.36. The van der Waals surface area contributed by atoms with Crippen LogP contribution in [0.3, 0.4) is 0 Å². The summed E-state index contributed by atoms with van der Waals surface area (Å²) in [6, 6.07) is 0. The number of amides is 1. The van der Waals surface area contributed by atoms with Crippen molar-refractivity contribution < 1.29 is 4.79 Å². The summed E-state index contributed by atoms with van der Waals surface area (Å²) in [7, 11) is 0. The van der Waals surface area contributed by atoms with Crippen molar-refractivity contribution in [2.75, 3.05) is 19.6 Å². The van der Waals surface area contributed by atoms with E-state index in [1.807, 2.05) is 4.90 Å². The van der Waals surface area contributed by atoms with Gasteiger partial charge in [0.25, 0.3) is 0 Å². The summed E-state index contributed by atoms with van der Waals surface area (Å²) in [6.07, 6.45) is 12.1. The highest BCUT2D eigenvalue weighted by Gasteiger charge is 2.12. The van der Waals surface area contributed by atoms with Gasteiger partial charge in [-0.15, -0.1) is 0 Å². The van der Waals surface area contributed by atoms with Crippen molar-refractivity contribution in [1.29, 1.82) is 0 Å². The zero-order valence-electron chi connectivity index (χ0n) is 11.1. The third-order valence-electron chi connectivity index (χ3n) is 3.57. The number of hydrogen-bond acceptors (Lipinski definition) is 2. The van der Waals surface area contributed by atoms with Gasteiger partial charge in [-0.05, 0) is 12.8 Å². The predicted octanol–water partition coefficient (Wildman–Crippen LogP) is 2.69. The Morgan fingerprint density at radius 1 is 0.882 bits per heavy atom. The molecule has 0 unspecified atom stereocenters. The Hall–Kier alpha value is -0.570. The molecular weight excluding hydrogens is 212 g/mol. The van der Waals surface area contributed by atoms with Gasteiger partial charge in [-0.2, -0.15) is 0 Å². The Morgan fingerprint density at radius 2 is 1.41 bits per heavy atom. The van der Waals surface area contributed by atoms with Crippen molar-refractivity contribution in [1.82, 2.24) is 4.90 Å². The summed E-state index contributed by atoms with van der Waals surface area (Å²) >= 11 is 0. The molecule has 0 bridgehead atoms. The van der Waals surface area contributed by atoms with Crippen LogP contribution in [0.15, 0.2) is 0 Å². The van der Waals surface area contributed by atoms with Crippen LogP contribution in [0.4, 0.5) is 0 Å². The molecule has 0 aromatic heterocycles. The first-order valence-corrected chi connectivity index (χ1v) is 7.32. The highest BCUT2D eigenvalue weighted by molar-refractivity contribution is 5.76. The van der Waals surface area contributed by atoms with E-state index in [-0.39, 0.29) is 0 Å². The minimum absolute atomic E-state index is 0.315. The number of nitrogens with two attached hydrogens (primary N) is 1. The first-order chi connectivity index (χ1) is 8.34. The lowest BCUT2D eigenvalue weighted by atomic mass is 10.1. The normalized spacial score (nSPS) is 21.5. The molecule has 0 aromatic carbocycles. The van der Waals surface area contributed by atoms with Gasteiger partial charge in [0.1, 0.15) is 0 Å². The second-order valence-corrected chi connectivity index (χ2v) is 5.10. The van der Waals surface area contributed by atoms with E-state index in [1.54, 1.807) is 0 Å². The molecule has 0 radical (unpaired) electrons. The van der Waals surface area contributed by atoms with E-state index in [2.05, 4.69) is 0 Å². The molecule has 1 amide bonds. The minimum atomic E-state index is 0.315. The van der Waals surface area contributed by atoms with Crippen molar-refractivity contribution in [3.8, 4) is 0 Å². The molecule has 3 nitrogen and oxygen atoms in total. The van der Waals surface area contributed by atoms with Gasteiger partial charge in [0, 0.05) is 26.1 Å². The number of hydrogen-bond donors (Lipinski definition) is 1. The first kappa shape index (κ1) is 14.5. The smallest absolute Gasteiger partial charge is 0.222 e. The summed E-state index contributed by atoms with van der Waals surface area (Å²) in [5.41, 5.74) is 5.57. The molecule has 17 heavy (non-hydrogen) atoms. The summed E-state index contributed by atoms with van der Waals surface area (Å²) in [4.78, 5) is 13.9. The van der Waals surface area contributed by atoms with Gasteiger partial charge in [0.05, 0.1) is 0 Å². The Kier molecular flexibility index (Phi) is 8.06. The second-order valence-electron chi connectivity index (χ2n) is 5.10. The topological polar surface area (TPSA) is 46.3 Å². The van der Waals surface area contributed by atoms with E-state index in [0.29, 0.717) is 12.5 Å². The quantitative estimate of drug-likeness (QED) is 0.806. The highest BCUT2D eigenvalue weighted by Crippen LogP contribution is 2.13. The summed E-state index contributed by atoms with van der Waals surface area (Å²) in [5, 5.41) is 0. The molecule has 0 aromatic rings. The molecule has 1 fully saturated rings. The van der Waals surface area contributed by atoms with Crippen LogP contribution in [-0.2, 0) is 4.79 Å². The van der Waals surface area contributed by atoms with E-state index in [9.17, 15) is 4.79 Å². The van der Waals surface area contributed by atoms with Crippen LogP contribution in [0.2, 0.25) is 0 Å². The summed E-state index contributed by atoms with van der Waals surface area (Å²) in [5.74, 6) is 0.315. The highest BCUT2D eigenvalue weighted by atomic mass is 16.2. The van der Waals surface area contributed by atoms with Crippen LogP contribution < -0.4 is 5.73 Å². The lowest BCUT2D eigenvalue weighted by molar-refractivity contribution is -0.131. The van der Waals surface area contributed by atoms with Crippen LogP contribution in [0.5, 0.6) is 0 Å². The Balaban J connectivity index is 2.37. The lowest BCUT2D eigenvalue weighted by Gasteiger charge is -2.22. The number of nitrogens with zero attached hydrogens (tertiary/aromatic N) is 1. The molecule has 0 spiro atoms. The standard InChI is InChI=1S/C14H28N2O/c15-11-13-16-12-9-7-5-3-1-2-4-6-8-10-14(16)17/h1-13,15H2. The fraction of sp³-hybridized carbons (Fsp3) is 0.929. The van der Waals surface area contributed by atoms with Gasteiger partial charge in [0.15, 0.2) is 0 Å². The monoisotopic (exact) mass is 240 g/mol. The third-order valence-corrected chi connectivity index (χ3v) is 3.57. The zero-order chi connectivity index (χ0) is 12.3. The van der Waals surface area contributed by atoms with Gasteiger partial charge in [-0.1, -0.05) is 44.9 Å². The maximum Gasteiger partial charge on any atom is 0.222 e. The maximum atomic E-state index is 12.0. The molecule has 100 valence electrons. The predicted molar refractivity (Wildman–Crippen MR) is 71.8 cm³/mol. The van der Waals surface area contributed by atoms with Crippen LogP contribution in [0.25, 0.3) is 0 Å². The summed E-state index contributed by atoms with van der Waals surface area (Å²) in [6.45, 7) is 2.24. The average Bonchev–Trinajstić information content (AvgIpc) is 2.35. The van der Waals surface area contributed by atoms with E-state index in [1.165, 1.54) is 44.9 Å². The first-order valence-electron chi connectivity index (χ1n) is 7.32. The zero-order valence-corrected chi connectivity index (χ0v) is 11.1. The molecule has 1 rings (SSSR count). The fourth-order valence-corrected chi connectivity index (χ4v) is 2.49. The van der Waals surface area contributed by atoms with Crippen LogP contribution in [0, 0.1) is 0 Å². The Labute approximate surface area is 106 Å². The van der Waals surface area contributed by atoms with Gasteiger partial charge in [-0.25, -0.2) is 0 Å². The largest absolute Gasteiger partial charge is 0.341 e. The average molecular weight is 240 g/mol. The molecule has 1 heterocycles. The van der Waals surface area contributed by atoms with Crippen molar-refractivity contribution in [3.05, 3.63) is 0 Å². The van der Waals surface area contributed by atoms with Crippen LogP contribution in [-0.4, -0.2) is 30.4 Å². The van der Waals surface area contributed by atoms with Gasteiger partial charge in [0.2, 0.25) is 5.91 Å². The summed E-state index contributed by atoms with van der Waals surface area (Å²) < 4.78 is 0. The molecule has 3 heteroatoms. The van der Waals surface area contributed by atoms with Crippen molar-refractivity contribution >= 4 is 5.91 Å². The van der Waals surface area contributed by atoms with E-state index in [0.717, 1.165) is 32.4 Å². The van der Waals surface area contributed by atoms with Gasteiger partial charge in [-0.3, -0.25) is 4.79 Å². The Morgan fingerprint density at radius 3 is 2.00 bits per heavy atom. The van der Waals surface area contributed by atoms with Crippen molar-refractivity contribution in [3.63, 3.8) is 0 Å². The van der Waals surface area contributed by atoms with E-state index in [4.69, 9.17) is 5.73 Å². The van der Waals surface area contributed by atoms with E-state index < -0.39 is 0 Å². The second kappa shape index (κ2) is 9.46. The van der Waals surface area contributed by atoms with Gasteiger partial charge >= 0.3 is 0 Å². The molecule has 1 aliphatic rings. The molecule has 1 aliphatic heterocycles. The number of rotatable bonds is 2. The fourth-order valence-electron chi connectivity index (χ4n) is 2.49. The van der Waals surface area contributed by atoms with Crippen LogP contribution in [0.1, 0.15) is 64.2 Å². The molecule has 0 atom stereocenters. The molecule has 1 saturated heterocycles. The SMILES string of the molecule is NCCN1CCCCCCCCCCCC1=O. The molecular formula is C14H28N2O. The third kappa shape index (κ3) is 6.67. The molecule has 2 N–H and O–H groups in total. The minimum Gasteiger partial charge on any atom is -0.341 e. The van der Waals surface area contributed by atoms with Crippen molar-refractivity contribution in [2.45, 2.75) is 64.2 Å². The maximum absolute atomic E-state index is 12.0. The Bertz CT molecular complexity index is 206. The van der Waals surface area contributed by atoms with Gasteiger partial charge < -0.3 is 10.6 Å². The van der Waals surface area contributed by atoms with Crippen molar-refractivity contribution in [2.24, 2.45) is 5.73 Å². The van der Waals surface area contributed by atoms with E-state index >= 15 is 0 Å². The molecule has 0 aliphatic carbocycles.